The number of anilines is 1. The van der Waals surface area contributed by atoms with Crippen LogP contribution in [0.1, 0.15) is 49.5 Å². The first kappa shape index (κ1) is 19.0. The molecule has 1 aliphatic carbocycles. The molecule has 2 N–H and O–H groups in total. The third-order valence-electron chi connectivity index (χ3n) is 5.96. The SMILES string of the molecule is CCC1CCC(Nc2ncnc3sc4c(c23)CN(S(=O)(=O)NC)CC4)CC1. The van der Waals surface area contributed by atoms with Crippen molar-refractivity contribution in [2.45, 2.75) is 58.0 Å². The summed E-state index contributed by atoms with van der Waals surface area (Å²) in [5.74, 6) is 1.71. The summed E-state index contributed by atoms with van der Waals surface area (Å²) in [5, 5.41) is 4.65. The monoisotopic (exact) mass is 409 g/mol. The van der Waals surface area contributed by atoms with E-state index in [1.54, 1.807) is 17.7 Å². The predicted octanol–water partition coefficient (Wildman–Crippen LogP) is 2.89. The van der Waals surface area contributed by atoms with Crippen LogP contribution < -0.4 is 10.0 Å². The second kappa shape index (κ2) is 7.62. The Bertz CT molecular complexity index is 919. The van der Waals surface area contributed by atoms with Gasteiger partial charge in [0.05, 0.1) is 5.39 Å². The van der Waals surface area contributed by atoms with Gasteiger partial charge in [-0.15, -0.1) is 11.3 Å². The number of nitrogens with one attached hydrogen (secondary N) is 2. The van der Waals surface area contributed by atoms with Crippen molar-refractivity contribution < 1.29 is 8.42 Å². The zero-order valence-corrected chi connectivity index (χ0v) is 17.5. The number of nitrogens with zero attached hydrogens (tertiary/aromatic N) is 3. The number of hydrogen-bond donors (Lipinski definition) is 2. The molecule has 0 atom stereocenters. The van der Waals surface area contributed by atoms with Crippen LogP contribution >= 0.6 is 11.3 Å². The first-order valence-corrected chi connectivity index (χ1v) is 12.0. The molecule has 2 aromatic rings. The molecule has 9 heteroatoms. The molecule has 0 aromatic carbocycles. The van der Waals surface area contributed by atoms with Crippen molar-refractivity contribution in [3.63, 3.8) is 0 Å². The molecule has 0 amide bonds. The summed E-state index contributed by atoms with van der Waals surface area (Å²) >= 11 is 1.67. The van der Waals surface area contributed by atoms with Crippen LogP contribution in [0.15, 0.2) is 6.33 Å². The van der Waals surface area contributed by atoms with Crippen molar-refractivity contribution in [1.29, 1.82) is 0 Å². The van der Waals surface area contributed by atoms with Crippen molar-refractivity contribution in [3.05, 3.63) is 16.8 Å². The molecule has 2 aliphatic rings. The lowest BCUT2D eigenvalue weighted by molar-refractivity contribution is 0.330. The summed E-state index contributed by atoms with van der Waals surface area (Å²) in [4.78, 5) is 11.2. The molecule has 0 saturated heterocycles. The van der Waals surface area contributed by atoms with Crippen molar-refractivity contribution in [1.82, 2.24) is 19.0 Å². The van der Waals surface area contributed by atoms with Crippen molar-refractivity contribution in [2.75, 3.05) is 18.9 Å². The summed E-state index contributed by atoms with van der Waals surface area (Å²) in [6.07, 6.45) is 8.45. The van der Waals surface area contributed by atoms with E-state index in [9.17, 15) is 8.42 Å². The number of thiophene rings is 1. The zero-order valence-electron chi connectivity index (χ0n) is 15.9. The molecule has 0 spiro atoms. The molecule has 7 nitrogen and oxygen atoms in total. The quantitative estimate of drug-likeness (QED) is 0.793. The Morgan fingerprint density at radius 1 is 1.26 bits per heavy atom. The minimum atomic E-state index is -3.43. The Labute approximate surface area is 164 Å². The summed E-state index contributed by atoms with van der Waals surface area (Å²) in [6, 6.07) is 0.433. The molecule has 0 radical (unpaired) electrons. The third kappa shape index (κ3) is 3.70. The van der Waals surface area contributed by atoms with E-state index in [0.717, 1.165) is 46.8 Å². The first-order chi connectivity index (χ1) is 13.0. The molecular formula is C18H27N5O2S2. The smallest absolute Gasteiger partial charge is 0.279 e. The molecule has 148 valence electrons. The second-order valence-electron chi connectivity index (χ2n) is 7.47. The van der Waals surface area contributed by atoms with E-state index < -0.39 is 10.2 Å². The molecule has 0 unspecified atom stereocenters. The van der Waals surface area contributed by atoms with Gasteiger partial charge in [0.15, 0.2) is 0 Å². The van der Waals surface area contributed by atoms with Gasteiger partial charge >= 0.3 is 0 Å². The highest BCUT2D eigenvalue weighted by molar-refractivity contribution is 7.87. The van der Waals surface area contributed by atoms with Gasteiger partial charge < -0.3 is 5.32 Å². The Morgan fingerprint density at radius 2 is 2.04 bits per heavy atom. The van der Waals surface area contributed by atoms with Crippen LogP contribution in [-0.2, 0) is 23.2 Å². The van der Waals surface area contributed by atoms with Crippen LogP contribution in [0.4, 0.5) is 5.82 Å². The first-order valence-electron chi connectivity index (χ1n) is 9.72. The van der Waals surface area contributed by atoms with Gasteiger partial charge in [-0.3, -0.25) is 0 Å². The van der Waals surface area contributed by atoms with Crippen LogP contribution in [0.2, 0.25) is 0 Å². The van der Waals surface area contributed by atoms with Crippen molar-refractivity contribution in [2.24, 2.45) is 5.92 Å². The minimum absolute atomic E-state index is 0.378. The molecule has 1 fully saturated rings. The molecule has 4 rings (SSSR count). The molecule has 3 heterocycles. The summed E-state index contributed by atoms with van der Waals surface area (Å²) in [6.45, 7) is 3.15. The Kier molecular flexibility index (Phi) is 5.37. The highest BCUT2D eigenvalue weighted by Crippen LogP contribution is 2.38. The van der Waals surface area contributed by atoms with Gasteiger partial charge in [-0.1, -0.05) is 13.3 Å². The standard InChI is InChI=1S/C18H27N5O2S2/c1-3-12-4-6-13(7-5-12)22-17-16-14-10-23(27(24,25)19-2)9-8-15(14)26-18(16)21-11-20-17/h11-13,19H,3-10H2,1-2H3,(H,20,21,22). The van der Waals surface area contributed by atoms with Crippen LogP contribution in [-0.4, -0.2) is 42.3 Å². The van der Waals surface area contributed by atoms with E-state index >= 15 is 0 Å². The van der Waals surface area contributed by atoms with Crippen molar-refractivity contribution in [3.8, 4) is 0 Å². The zero-order chi connectivity index (χ0) is 19.0. The third-order valence-corrected chi connectivity index (χ3v) is 8.66. The molecule has 0 bridgehead atoms. The fourth-order valence-electron chi connectivity index (χ4n) is 4.24. The molecule has 2 aromatic heterocycles. The second-order valence-corrected chi connectivity index (χ2v) is 10.4. The lowest BCUT2D eigenvalue weighted by atomic mass is 9.84. The summed E-state index contributed by atoms with van der Waals surface area (Å²) in [5.41, 5.74) is 1.06. The Morgan fingerprint density at radius 3 is 2.74 bits per heavy atom. The van der Waals surface area contributed by atoms with Crippen LogP contribution in [0.3, 0.4) is 0 Å². The van der Waals surface area contributed by atoms with E-state index in [2.05, 4.69) is 26.9 Å². The summed E-state index contributed by atoms with van der Waals surface area (Å²) < 4.78 is 28.4. The van der Waals surface area contributed by atoms with Gasteiger partial charge in [0, 0.05) is 31.1 Å². The van der Waals surface area contributed by atoms with Gasteiger partial charge in [0.1, 0.15) is 17.0 Å². The van der Waals surface area contributed by atoms with Gasteiger partial charge in [-0.05, 0) is 43.6 Å². The Hall–Kier alpha value is -1.29. The maximum absolute atomic E-state index is 12.3. The predicted molar refractivity (Wildman–Crippen MR) is 109 cm³/mol. The largest absolute Gasteiger partial charge is 0.367 e. The summed E-state index contributed by atoms with van der Waals surface area (Å²) in [7, 11) is -1.98. The average molecular weight is 410 g/mol. The average Bonchev–Trinajstić information content (AvgIpc) is 3.07. The van der Waals surface area contributed by atoms with E-state index in [1.165, 1.54) is 35.5 Å². The molecule has 27 heavy (non-hydrogen) atoms. The van der Waals surface area contributed by atoms with Gasteiger partial charge in [0.25, 0.3) is 10.2 Å². The fourth-order valence-corrected chi connectivity index (χ4v) is 6.27. The normalized spacial score (nSPS) is 24.1. The lowest BCUT2D eigenvalue weighted by Gasteiger charge is -2.29. The molecular weight excluding hydrogens is 382 g/mol. The van der Waals surface area contributed by atoms with E-state index in [0.29, 0.717) is 19.1 Å². The van der Waals surface area contributed by atoms with Gasteiger partial charge in [0.2, 0.25) is 0 Å². The van der Waals surface area contributed by atoms with Crippen LogP contribution in [0, 0.1) is 5.92 Å². The fraction of sp³-hybridized carbons (Fsp3) is 0.667. The number of rotatable bonds is 5. The van der Waals surface area contributed by atoms with Crippen LogP contribution in [0.25, 0.3) is 10.2 Å². The van der Waals surface area contributed by atoms with E-state index in [-0.39, 0.29) is 0 Å². The lowest BCUT2D eigenvalue weighted by Crippen LogP contribution is -2.41. The van der Waals surface area contributed by atoms with Gasteiger partial charge in [-0.2, -0.15) is 12.7 Å². The minimum Gasteiger partial charge on any atom is -0.367 e. The van der Waals surface area contributed by atoms with Gasteiger partial charge in [-0.25, -0.2) is 14.7 Å². The maximum atomic E-state index is 12.3. The molecule has 1 aliphatic heterocycles. The topological polar surface area (TPSA) is 87.2 Å². The van der Waals surface area contributed by atoms with E-state index in [1.807, 2.05) is 0 Å². The van der Waals surface area contributed by atoms with Crippen LogP contribution in [0.5, 0.6) is 0 Å². The Balaban J connectivity index is 1.63. The van der Waals surface area contributed by atoms with E-state index in [4.69, 9.17) is 0 Å². The highest BCUT2D eigenvalue weighted by Gasteiger charge is 2.30. The number of aromatic nitrogens is 2. The molecule has 1 saturated carbocycles. The highest BCUT2D eigenvalue weighted by atomic mass is 32.2. The number of fused-ring (bicyclic) bond motifs is 3. The maximum Gasteiger partial charge on any atom is 0.279 e. The van der Waals surface area contributed by atoms with Crippen molar-refractivity contribution >= 4 is 37.6 Å². The number of hydrogen-bond acceptors (Lipinski definition) is 6.